The summed E-state index contributed by atoms with van der Waals surface area (Å²) in [6.45, 7) is 7.35. The van der Waals surface area contributed by atoms with Crippen LogP contribution in [0, 0.1) is 13.8 Å². The zero-order valence-electron chi connectivity index (χ0n) is 13.3. The molecule has 1 saturated heterocycles. The Bertz CT molecular complexity index is 502. The minimum atomic E-state index is 0.166. The van der Waals surface area contributed by atoms with E-state index in [1.807, 2.05) is 24.0 Å². The second-order valence-electron chi connectivity index (χ2n) is 6.09. The third-order valence-corrected chi connectivity index (χ3v) is 4.14. The predicted octanol–water partition coefficient (Wildman–Crippen LogP) is 2.41. The summed E-state index contributed by atoms with van der Waals surface area (Å²) in [5.41, 5.74) is 8.26. The maximum atomic E-state index is 12.2. The van der Waals surface area contributed by atoms with Crippen LogP contribution in [-0.2, 0) is 4.79 Å². The number of hydrogen-bond donors (Lipinski definition) is 1. The van der Waals surface area contributed by atoms with Crippen LogP contribution < -0.4 is 10.5 Å². The Labute approximate surface area is 127 Å². The summed E-state index contributed by atoms with van der Waals surface area (Å²) in [6, 6.07) is 6.55. The normalized spacial score (nSPS) is 22.2. The number of amides is 1. The molecule has 1 aliphatic heterocycles. The SMILES string of the molecule is Cc1ccc(OCCC(=O)N2CC[C@@H](N)C[C@H]2C)c(C)c1. The van der Waals surface area contributed by atoms with Gasteiger partial charge in [-0.2, -0.15) is 0 Å². The van der Waals surface area contributed by atoms with E-state index in [1.165, 1.54) is 5.56 Å². The summed E-state index contributed by atoms with van der Waals surface area (Å²) in [6.07, 6.45) is 2.21. The van der Waals surface area contributed by atoms with Gasteiger partial charge in [0.05, 0.1) is 13.0 Å². The molecule has 0 saturated carbocycles. The Balaban J connectivity index is 1.81. The molecule has 1 heterocycles. The molecule has 1 fully saturated rings. The Hall–Kier alpha value is -1.55. The molecule has 0 aromatic heterocycles. The monoisotopic (exact) mass is 290 g/mol. The van der Waals surface area contributed by atoms with Crippen LogP contribution in [0.3, 0.4) is 0 Å². The van der Waals surface area contributed by atoms with Crippen LogP contribution in [0.25, 0.3) is 0 Å². The van der Waals surface area contributed by atoms with E-state index in [4.69, 9.17) is 10.5 Å². The lowest BCUT2D eigenvalue weighted by atomic mass is 9.99. The molecule has 0 unspecified atom stereocenters. The van der Waals surface area contributed by atoms with Gasteiger partial charge in [-0.1, -0.05) is 17.7 Å². The highest BCUT2D eigenvalue weighted by Crippen LogP contribution is 2.20. The lowest BCUT2D eigenvalue weighted by Crippen LogP contribution is -2.48. The minimum absolute atomic E-state index is 0.166. The molecule has 21 heavy (non-hydrogen) atoms. The van der Waals surface area contributed by atoms with Gasteiger partial charge in [0.15, 0.2) is 0 Å². The van der Waals surface area contributed by atoms with E-state index in [0.29, 0.717) is 13.0 Å². The Morgan fingerprint density at radius 1 is 1.43 bits per heavy atom. The molecule has 0 bridgehead atoms. The molecule has 116 valence electrons. The number of rotatable bonds is 4. The van der Waals surface area contributed by atoms with E-state index in [1.54, 1.807) is 0 Å². The Kier molecular flexibility index (Phi) is 5.23. The number of benzene rings is 1. The lowest BCUT2D eigenvalue weighted by Gasteiger charge is -2.36. The van der Waals surface area contributed by atoms with E-state index in [0.717, 1.165) is 30.7 Å². The fraction of sp³-hybridized carbons (Fsp3) is 0.588. The van der Waals surface area contributed by atoms with Crippen LogP contribution in [-0.4, -0.2) is 36.0 Å². The molecular formula is C17H26N2O2. The van der Waals surface area contributed by atoms with Crippen LogP contribution >= 0.6 is 0 Å². The van der Waals surface area contributed by atoms with Crippen LogP contribution in [0.4, 0.5) is 0 Å². The zero-order chi connectivity index (χ0) is 15.4. The maximum absolute atomic E-state index is 12.2. The summed E-state index contributed by atoms with van der Waals surface area (Å²) < 4.78 is 5.74. The molecule has 2 rings (SSSR count). The quantitative estimate of drug-likeness (QED) is 0.926. The molecule has 0 spiro atoms. The van der Waals surface area contributed by atoms with E-state index < -0.39 is 0 Å². The van der Waals surface area contributed by atoms with Crippen molar-refractivity contribution in [2.45, 2.75) is 52.1 Å². The van der Waals surface area contributed by atoms with Gasteiger partial charge < -0.3 is 15.4 Å². The van der Waals surface area contributed by atoms with Crippen molar-refractivity contribution in [3.8, 4) is 5.75 Å². The average molecular weight is 290 g/mol. The molecule has 1 aromatic rings. The highest BCUT2D eigenvalue weighted by molar-refractivity contribution is 5.76. The number of aryl methyl sites for hydroxylation is 2. The topological polar surface area (TPSA) is 55.6 Å². The van der Waals surface area contributed by atoms with E-state index in [9.17, 15) is 4.79 Å². The van der Waals surface area contributed by atoms with Gasteiger partial charge in [-0.05, 0) is 45.2 Å². The molecule has 1 amide bonds. The molecule has 4 nitrogen and oxygen atoms in total. The molecule has 2 N–H and O–H groups in total. The highest BCUT2D eigenvalue weighted by Gasteiger charge is 2.26. The summed E-state index contributed by atoms with van der Waals surface area (Å²) in [5.74, 6) is 1.03. The van der Waals surface area contributed by atoms with Crippen molar-refractivity contribution >= 4 is 5.91 Å². The van der Waals surface area contributed by atoms with E-state index in [2.05, 4.69) is 19.9 Å². The van der Waals surface area contributed by atoms with Crippen molar-refractivity contribution in [2.24, 2.45) is 5.73 Å². The standard InChI is InChI=1S/C17H26N2O2/c1-12-4-5-16(13(2)10-12)21-9-7-17(20)19-8-6-15(18)11-14(19)3/h4-5,10,14-15H,6-9,11,18H2,1-3H3/t14-,15-/m1/s1. The van der Waals surface area contributed by atoms with Gasteiger partial charge in [0.1, 0.15) is 5.75 Å². The van der Waals surface area contributed by atoms with Gasteiger partial charge in [-0.25, -0.2) is 0 Å². The number of piperidine rings is 1. The van der Waals surface area contributed by atoms with Crippen molar-refractivity contribution in [1.82, 2.24) is 4.90 Å². The second-order valence-corrected chi connectivity index (χ2v) is 6.09. The molecule has 0 aliphatic carbocycles. The first-order valence-corrected chi connectivity index (χ1v) is 7.72. The van der Waals surface area contributed by atoms with E-state index in [-0.39, 0.29) is 18.0 Å². The molecule has 1 aromatic carbocycles. The van der Waals surface area contributed by atoms with Gasteiger partial charge >= 0.3 is 0 Å². The number of ether oxygens (including phenoxy) is 1. The van der Waals surface area contributed by atoms with Crippen molar-refractivity contribution in [3.63, 3.8) is 0 Å². The smallest absolute Gasteiger partial charge is 0.226 e. The first-order valence-electron chi connectivity index (χ1n) is 7.72. The van der Waals surface area contributed by atoms with Crippen molar-refractivity contribution in [3.05, 3.63) is 29.3 Å². The zero-order valence-corrected chi connectivity index (χ0v) is 13.3. The van der Waals surface area contributed by atoms with Crippen LogP contribution in [0.15, 0.2) is 18.2 Å². The summed E-state index contributed by atoms with van der Waals surface area (Å²) in [4.78, 5) is 14.2. The van der Waals surface area contributed by atoms with E-state index >= 15 is 0 Å². The Morgan fingerprint density at radius 3 is 2.86 bits per heavy atom. The van der Waals surface area contributed by atoms with Crippen LogP contribution in [0.2, 0.25) is 0 Å². The Morgan fingerprint density at radius 2 is 2.19 bits per heavy atom. The predicted molar refractivity (Wildman–Crippen MR) is 84.4 cm³/mol. The summed E-state index contributed by atoms with van der Waals surface area (Å²) >= 11 is 0. The summed E-state index contributed by atoms with van der Waals surface area (Å²) in [5, 5.41) is 0. The number of hydrogen-bond acceptors (Lipinski definition) is 3. The van der Waals surface area contributed by atoms with Gasteiger partial charge in [-0.15, -0.1) is 0 Å². The summed E-state index contributed by atoms with van der Waals surface area (Å²) in [7, 11) is 0. The van der Waals surface area contributed by atoms with Crippen LogP contribution in [0.1, 0.15) is 37.3 Å². The molecule has 1 aliphatic rings. The molecular weight excluding hydrogens is 264 g/mol. The average Bonchev–Trinajstić information content (AvgIpc) is 2.41. The number of nitrogens with zero attached hydrogens (tertiary/aromatic N) is 1. The van der Waals surface area contributed by atoms with Gasteiger partial charge in [0.25, 0.3) is 0 Å². The first kappa shape index (κ1) is 15.8. The third-order valence-electron chi connectivity index (χ3n) is 4.14. The fourth-order valence-electron chi connectivity index (χ4n) is 2.93. The minimum Gasteiger partial charge on any atom is -0.493 e. The molecule has 4 heteroatoms. The largest absolute Gasteiger partial charge is 0.493 e. The van der Waals surface area contributed by atoms with Gasteiger partial charge in [0, 0.05) is 18.6 Å². The molecule has 2 atom stereocenters. The number of nitrogens with two attached hydrogens (primary N) is 1. The van der Waals surface area contributed by atoms with Gasteiger partial charge in [0.2, 0.25) is 5.91 Å². The number of carbonyl (C=O) groups is 1. The lowest BCUT2D eigenvalue weighted by molar-refractivity contribution is -0.135. The fourth-order valence-corrected chi connectivity index (χ4v) is 2.93. The number of carbonyl (C=O) groups excluding carboxylic acids is 1. The maximum Gasteiger partial charge on any atom is 0.226 e. The van der Waals surface area contributed by atoms with Crippen molar-refractivity contribution in [2.75, 3.05) is 13.2 Å². The second kappa shape index (κ2) is 6.94. The van der Waals surface area contributed by atoms with Gasteiger partial charge in [-0.3, -0.25) is 4.79 Å². The highest BCUT2D eigenvalue weighted by atomic mass is 16.5. The molecule has 0 radical (unpaired) electrons. The first-order chi connectivity index (χ1) is 9.97. The third kappa shape index (κ3) is 4.21. The van der Waals surface area contributed by atoms with Crippen molar-refractivity contribution < 1.29 is 9.53 Å². The number of likely N-dealkylation sites (tertiary alicyclic amines) is 1. The van der Waals surface area contributed by atoms with Crippen LogP contribution in [0.5, 0.6) is 5.75 Å². The van der Waals surface area contributed by atoms with Crippen molar-refractivity contribution in [1.29, 1.82) is 0 Å².